The van der Waals surface area contributed by atoms with Gasteiger partial charge in [-0.05, 0) is 43.4 Å². The molecule has 0 N–H and O–H groups in total. The quantitative estimate of drug-likeness (QED) is 0.657. The van der Waals surface area contributed by atoms with E-state index >= 15 is 0 Å². The van der Waals surface area contributed by atoms with Crippen LogP contribution in [0.4, 0.5) is 4.39 Å². The minimum Gasteiger partial charge on any atom is -0.207 e. The molecule has 1 rings (SSSR count). The highest BCUT2D eigenvalue weighted by molar-refractivity contribution is 9.10. The number of halogens is 3. The predicted molar refractivity (Wildman–Crippen MR) is 70.0 cm³/mol. The molecule has 0 saturated heterocycles. The summed E-state index contributed by atoms with van der Waals surface area (Å²) in [5, 5.41) is 0. The molecular formula is C12H15Br2F. The van der Waals surface area contributed by atoms with Crippen molar-refractivity contribution in [2.45, 2.75) is 37.4 Å². The van der Waals surface area contributed by atoms with Gasteiger partial charge in [0.15, 0.2) is 0 Å². The normalized spacial score (nSPS) is 12.8. The average molecular weight is 338 g/mol. The molecule has 0 aliphatic heterocycles. The van der Waals surface area contributed by atoms with E-state index in [4.69, 9.17) is 0 Å². The minimum atomic E-state index is -0.183. The molecule has 0 heterocycles. The molecule has 0 bridgehead atoms. The zero-order valence-corrected chi connectivity index (χ0v) is 11.9. The predicted octanol–water partition coefficient (Wildman–Crippen LogP) is 5.08. The van der Waals surface area contributed by atoms with Crippen molar-refractivity contribution in [3.8, 4) is 0 Å². The Morgan fingerprint density at radius 1 is 1.40 bits per heavy atom. The van der Waals surface area contributed by atoms with E-state index in [0.717, 1.165) is 23.7 Å². The summed E-state index contributed by atoms with van der Waals surface area (Å²) in [5.41, 5.74) is 1.19. The lowest BCUT2D eigenvalue weighted by molar-refractivity contribution is 0.624. The van der Waals surface area contributed by atoms with Crippen LogP contribution in [-0.2, 0) is 6.42 Å². The van der Waals surface area contributed by atoms with E-state index in [2.05, 4.69) is 38.8 Å². The third-order valence-corrected chi connectivity index (χ3v) is 4.27. The zero-order valence-electron chi connectivity index (χ0n) is 8.77. The van der Waals surface area contributed by atoms with Gasteiger partial charge in [-0.25, -0.2) is 4.39 Å². The third kappa shape index (κ3) is 4.64. The molecule has 1 aromatic carbocycles. The molecule has 0 spiro atoms. The van der Waals surface area contributed by atoms with Gasteiger partial charge < -0.3 is 0 Å². The highest BCUT2D eigenvalue weighted by Gasteiger charge is 2.04. The minimum absolute atomic E-state index is 0.183. The Bertz CT molecular complexity index is 312. The van der Waals surface area contributed by atoms with Crippen LogP contribution in [0.3, 0.4) is 0 Å². The Labute approximate surface area is 108 Å². The molecule has 0 aliphatic carbocycles. The summed E-state index contributed by atoms with van der Waals surface area (Å²) in [7, 11) is 0. The van der Waals surface area contributed by atoms with Crippen LogP contribution in [0.1, 0.15) is 31.7 Å². The van der Waals surface area contributed by atoms with E-state index in [9.17, 15) is 4.39 Å². The largest absolute Gasteiger partial charge is 0.207 e. The monoisotopic (exact) mass is 336 g/mol. The maximum absolute atomic E-state index is 12.8. The summed E-state index contributed by atoms with van der Waals surface area (Å²) in [6, 6.07) is 4.90. The van der Waals surface area contributed by atoms with Crippen LogP contribution in [0.25, 0.3) is 0 Å². The van der Waals surface area contributed by atoms with Crippen LogP contribution in [0, 0.1) is 5.82 Å². The molecule has 0 saturated carbocycles. The summed E-state index contributed by atoms with van der Waals surface area (Å²) in [6.45, 7) is 2.17. The van der Waals surface area contributed by atoms with Gasteiger partial charge in [0.1, 0.15) is 5.82 Å². The van der Waals surface area contributed by atoms with Gasteiger partial charge in [0.05, 0.1) is 0 Å². The first-order valence-corrected chi connectivity index (χ1v) is 6.92. The van der Waals surface area contributed by atoms with Gasteiger partial charge >= 0.3 is 0 Å². The van der Waals surface area contributed by atoms with Gasteiger partial charge in [-0.15, -0.1) is 0 Å². The van der Waals surface area contributed by atoms with E-state index in [1.54, 1.807) is 0 Å². The van der Waals surface area contributed by atoms with Crippen molar-refractivity contribution in [3.05, 3.63) is 34.1 Å². The maximum atomic E-state index is 12.8. The highest BCUT2D eigenvalue weighted by Crippen LogP contribution is 2.21. The van der Waals surface area contributed by atoms with Crippen molar-refractivity contribution in [2.24, 2.45) is 0 Å². The molecule has 15 heavy (non-hydrogen) atoms. The fourth-order valence-electron chi connectivity index (χ4n) is 1.44. The van der Waals surface area contributed by atoms with Gasteiger partial charge in [0.25, 0.3) is 0 Å². The average Bonchev–Trinajstić information content (AvgIpc) is 2.21. The molecule has 0 aliphatic rings. The van der Waals surface area contributed by atoms with E-state index in [1.807, 2.05) is 6.07 Å². The van der Waals surface area contributed by atoms with Gasteiger partial charge in [-0.2, -0.15) is 0 Å². The SMILES string of the molecule is CCC(Br)CCCc1ccc(F)cc1Br. The van der Waals surface area contributed by atoms with Crippen LogP contribution in [-0.4, -0.2) is 4.83 Å². The van der Waals surface area contributed by atoms with E-state index in [1.165, 1.54) is 24.1 Å². The fourth-order valence-corrected chi connectivity index (χ4v) is 2.32. The van der Waals surface area contributed by atoms with Crippen molar-refractivity contribution in [3.63, 3.8) is 0 Å². The smallest absolute Gasteiger partial charge is 0.124 e. The number of hydrogen-bond acceptors (Lipinski definition) is 0. The van der Waals surface area contributed by atoms with Crippen molar-refractivity contribution >= 4 is 31.9 Å². The van der Waals surface area contributed by atoms with Crippen LogP contribution in [0.2, 0.25) is 0 Å². The van der Waals surface area contributed by atoms with Crippen LogP contribution in [0.15, 0.2) is 22.7 Å². The molecule has 0 aromatic heterocycles. The summed E-state index contributed by atoms with van der Waals surface area (Å²) >= 11 is 6.99. The van der Waals surface area contributed by atoms with Crippen LogP contribution < -0.4 is 0 Å². The molecule has 0 fully saturated rings. The molecule has 3 heteroatoms. The summed E-state index contributed by atoms with van der Waals surface area (Å²) < 4.78 is 13.7. The van der Waals surface area contributed by atoms with Gasteiger partial charge in [-0.1, -0.05) is 44.8 Å². The topological polar surface area (TPSA) is 0 Å². The lowest BCUT2D eigenvalue weighted by Gasteiger charge is -2.07. The molecule has 0 nitrogen and oxygen atoms in total. The Morgan fingerprint density at radius 2 is 2.13 bits per heavy atom. The molecule has 1 aromatic rings. The fraction of sp³-hybridized carbons (Fsp3) is 0.500. The number of alkyl halides is 1. The van der Waals surface area contributed by atoms with Gasteiger partial charge in [0.2, 0.25) is 0 Å². The van der Waals surface area contributed by atoms with Crippen molar-refractivity contribution in [1.29, 1.82) is 0 Å². The van der Waals surface area contributed by atoms with E-state index in [-0.39, 0.29) is 5.82 Å². The summed E-state index contributed by atoms with van der Waals surface area (Å²) in [5.74, 6) is -0.183. The van der Waals surface area contributed by atoms with E-state index in [0.29, 0.717) is 4.83 Å². The lowest BCUT2D eigenvalue weighted by Crippen LogP contribution is -1.97. The standard InChI is InChI=1S/C12H15Br2F/c1-2-10(13)5-3-4-9-6-7-11(15)8-12(9)14/h6-8,10H,2-5H2,1H3. The first-order chi connectivity index (χ1) is 7.13. The third-order valence-electron chi connectivity index (χ3n) is 2.42. The number of rotatable bonds is 5. The van der Waals surface area contributed by atoms with Crippen LogP contribution in [0.5, 0.6) is 0 Å². The maximum Gasteiger partial charge on any atom is 0.124 e. The van der Waals surface area contributed by atoms with Crippen molar-refractivity contribution in [1.82, 2.24) is 0 Å². The number of benzene rings is 1. The summed E-state index contributed by atoms with van der Waals surface area (Å²) in [4.78, 5) is 0.608. The Morgan fingerprint density at radius 3 is 2.73 bits per heavy atom. The van der Waals surface area contributed by atoms with Gasteiger partial charge in [0, 0.05) is 9.30 Å². The molecule has 84 valence electrons. The van der Waals surface area contributed by atoms with Crippen molar-refractivity contribution in [2.75, 3.05) is 0 Å². The molecule has 0 amide bonds. The van der Waals surface area contributed by atoms with Crippen LogP contribution >= 0.6 is 31.9 Å². The molecule has 0 radical (unpaired) electrons. The summed E-state index contributed by atoms with van der Waals surface area (Å²) in [6.07, 6.45) is 4.46. The molecule has 1 unspecified atom stereocenters. The van der Waals surface area contributed by atoms with E-state index < -0.39 is 0 Å². The number of hydrogen-bond donors (Lipinski definition) is 0. The first-order valence-electron chi connectivity index (χ1n) is 5.21. The zero-order chi connectivity index (χ0) is 11.3. The number of aryl methyl sites for hydroxylation is 1. The Hall–Kier alpha value is 0.110. The van der Waals surface area contributed by atoms with Gasteiger partial charge in [-0.3, -0.25) is 0 Å². The second kappa shape index (κ2) is 6.64. The first kappa shape index (κ1) is 13.2. The molecular weight excluding hydrogens is 323 g/mol. The van der Waals surface area contributed by atoms with Crippen molar-refractivity contribution < 1.29 is 4.39 Å². The highest BCUT2D eigenvalue weighted by atomic mass is 79.9. The Kier molecular flexibility index (Phi) is 5.83. The second-order valence-corrected chi connectivity index (χ2v) is 5.78. The molecule has 1 atom stereocenters. The second-order valence-electron chi connectivity index (χ2n) is 3.63. The Balaban J connectivity index is 2.44. The lowest BCUT2D eigenvalue weighted by atomic mass is 10.1.